The average Bonchev–Trinajstić information content (AvgIpc) is 3.23. The summed E-state index contributed by atoms with van der Waals surface area (Å²) in [5, 5.41) is 0. The molecule has 4 rings (SSSR count). The van der Waals surface area contributed by atoms with E-state index in [0.717, 1.165) is 29.7 Å². The van der Waals surface area contributed by atoms with Crippen molar-refractivity contribution in [1.82, 2.24) is 9.21 Å². The Morgan fingerprint density at radius 3 is 2.33 bits per heavy atom. The van der Waals surface area contributed by atoms with Crippen LogP contribution in [0.25, 0.3) is 0 Å². The summed E-state index contributed by atoms with van der Waals surface area (Å²) in [6, 6.07) is 15.1. The lowest BCUT2D eigenvalue weighted by molar-refractivity contribution is -0.925. The van der Waals surface area contributed by atoms with Crippen LogP contribution in [-0.4, -0.2) is 63.8 Å². The highest BCUT2D eigenvalue weighted by Crippen LogP contribution is 2.26. The molecule has 160 valence electrons. The normalized spacial score (nSPS) is 18.7. The second-order valence-corrected chi connectivity index (χ2v) is 10.4. The molecule has 1 N–H and O–H groups in total. The van der Waals surface area contributed by atoms with Gasteiger partial charge in [-0.2, -0.15) is 4.31 Å². The molecule has 1 fully saturated rings. The minimum Gasteiger partial charge on any atom is -0.343 e. The molecule has 6 nitrogen and oxygen atoms in total. The van der Waals surface area contributed by atoms with Crippen molar-refractivity contribution in [3.8, 4) is 0 Å². The zero-order valence-electron chi connectivity index (χ0n) is 17.7. The minimum absolute atomic E-state index is 0.0473. The summed E-state index contributed by atoms with van der Waals surface area (Å²) in [5.41, 5.74) is 3.42. The van der Waals surface area contributed by atoms with Crippen molar-refractivity contribution >= 4 is 15.9 Å². The van der Waals surface area contributed by atoms with Crippen molar-refractivity contribution in [3.05, 3.63) is 65.2 Å². The average molecular weight is 429 g/mol. The zero-order chi connectivity index (χ0) is 21.3. The Kier molecular flexibility index (Phi) is 5.95. The first-order valence-corrected chi connectivity index (χ1v) is 12.0. The van der Waals surface area contributed by atoms with Crippen LogP contribution in [0.4, 0.5) is 0 Å². The van der Waals surface area contributed by atoms with Crippen LogP contribution < -0.4 is 4.90 Å². The van der Waals surface area contributed by atoms with Crippen LogP contribution in [0.3, 0.4) is 0 Å². The number of hydrogen-bond donors (Lipinski definition) is 1. The van der Waals surface area contributed by atoms with Crippen LogP contribution in [0.1, 0.15) is 29.2 Å². The highest BCUT2D eigenvalue weighted by Gasteiger charge is 2.38. The van der Waals surface area contributed by atoms with Gasteiger partial charge in [-0.05, 0) is 42.5 Å². The number of sulfonamides is 1. The minimum atomic E-state index is -3.51. The molecule has 0 unspecified atom stereocenters. The van der Waals surface area contributed by atoms with Gasteiger partial charge in [0.1, 0.15) is 0 Å². The van der Waals surface area contributed by atoms with Gasteiger partial charge in [-0.25, -0.2) is 8.42 Å². The number of fused-ring (bicyclic) bond motifs is 1. The molecule has 1 saturated heterocycles. The molecule has 1 amide bonds. The lowest BCUT2D eigenvalue weighted by Gasteiger charge is -2.36. The molecule has 2 aliphatic rings. The molecule has 0 radical (unpaired) electrons. The summed E-state index contributed by atoms with van der Waals surface area (Å²) in [7, 11) is 0.0309. The first-order valence-electron chi connectivity index (χ1n) is 10.6. The highest BCUT2D eigenvalue weighted by molar-refractivity contribution is 7.89. The number of carbonyl (C=O) groups excluding carboxylic acids is 1. The van der Waals surface area contributed by atoms with Crippen molar-refractivity contribution in [2.75, 3.05) is 40.3 Å². The molecule has 0 saturated carbocycles. The van der Waals surface area contributed by atoms with Crippen LogP contribution in [0.2, 0.25) is 0 Å². The van der Waals surface area contributed by atoms with E-state index in [9.17, 15) is 13.2 Å². The Labute approximate surface area is 179 Å². The summed E-state index contributed by atoms with van der Waals surface area (Å²) in [5.74, 6) is 0.0473. The largest absolute Gasteiger partial charge is 0.343 e. The number of hydrogen-bond acceptors (Lipinski definition) is 3. The van der Waals surface area contributed by atoms with Crippen LogP contribution >= 0.6 is 0 Å². The van der Waals surface area contributed by atoms with Gasteiger partial charge in [0.2, 0.25) is 10.0 Å². The second kappa shape index (κ2) is 8.49. The monoisotopic (exact) mass is 428 g/mol. The van der Waals surface area contributed by atoms with Gasteiger partial charge in [0.05, 0.1) is 31.1 Å². The summed E-state index contributed by atoms with van der Waals surface area (Å²) in [6.45, 7) is 2.03. The smallest absolute Gasteiger partial charge is 0.285 e. The first-order chi connectivity index (χ1) is 14.4. The fourth-order valence-electron chi connectivity index (χ4n) is 4.62. The summed E-state index contributed by atoms with van der Waals surface area (Å²) >= 11 is 0. The zero-order valence-corrected chi connectivity index (χ0v) is 18.5. The molecule has 1 aliphatic carbocycles. The SMILES string of the molecule is CN(C)C(=O)[C@H](c1ccccc1)[NH+]1CCN(S(=O)(=O)c2ccc3c(c2)CCC3)CC1. The third-order valence-corrected chi connectivity index (χ3v) is 8.20. The topological polar surface area (TPSA) is 62.1 Å². The van der Waals surface area contributed by atoms with Crippen molar-refractivity contribution in [1.29, 1.82) is 0 Å². The molecule has 30 heavy (non-hydrogen) atoms. The fourth-order valence-corrected chi connectivity index (χ4v) is 6.11. The number of nitrogens with one attached hydrogen (secondary N) is 1. The van der Waals surface area contributed by atoms with Gasteiger partial charge in [-0.15, -0.1) is 0 Å². The van der Waals surface area contributed by atoms with Crippen molar-refractivity contribution < 1.29 is 18.1 Å². The van der Waals surface area contributed by atoms with Gasteiger partial charge in [0, 0.05) is 19.7 Å². The van der Waals surface area contributed by atoms with Crippen molar-refractivity contribution in [2.45, 2.75) is 30.2 Å². The van der Waals surface area contributed by atoms with Gasteiger partial charge < -0.3 is 9.80 Å². The van der Waals surface area contributed by atoms with Crippen molar-refractivity contribution in [3.63, 3.8) is 0 Å². The van der Waals surface area contributed by atoms with Gasteiger partial charge in [0.25, 0.3) is 5.91 Å². The lowest BCUT2D eigenvalue weighted by atomic mass is 10.0. The molecule has 0 aromatic heterocycles. The highest BCUT2D eigenvalue weighted by atomic mass is 32.2. The molecule has 0 bridgehead atoms. The Bertz CT molecular complexity index is 1010. The third kappa shape index (κ3) is 4.02. The summed E-state index contributed by atoms with van der Waals surface area (Å²) in [6.07, 6.45) is 3.10. The Morgan fingerprint density at radius 2 is 1.67 bits per heavy atom. The Hall–Kier alpha value is -2.22. The second-order valence-electron chi connectivity index (χ2n) is 8.42. The number of carbonyl (C=O) groups is 1. The standard InChI is InChI=1S/C23H29N3O3S/c1-24(2)23(27)22(19-7-4-3-5-8-19)25-13-15-26(16-14-25)30(28,29)21-12-11-18-9-6-10-20(18)17-21/h3-5,7-8,11-12,17,22H,6,9-10,13-16H2,1-2H3/p+1/t22-/m0/s1. The number of rotatable bonds is 5. The van der Waals surface area contributed by atoms with Gasteiger partial charge in [-0.3, -0.25) is 4.79 Å². The quantitative estimate of drug-likeness (QED) is 0.770. The molecule has 1 atom stereocenters. The molecule has 1 heterocycles. The summed E-state index contributed by atoms with van der Waals surface area (Å²) < 4.78 is 28.0. The van der Waals surface area contributed by atoms with E-state index in [1.54, 1.807) is 29.4 Å². The molecular formula is C23H30N3O3S+. The van der Waals surface area contributed by atoms with E-state index in [0.29, 0.717) is 31.1 Å². The van der Waals surface area contributed by atoms with Crippen LogP contribution in [0.5, 0.6) is 0 Å². The molecule has 2 aromatic rings. The molecular weight excluding hydrogens is 398 g/mol. The van der Waals surface area contributed by atoms with Crippen LogP contribution in [0, 0.1) is 0 Å². The number of benzene rings is 2. The maximum atomic E-state index is 13.2. The number of likely N-dealkylation sites (N-methyl/N-ethyl adjacent to an activating group) is 1. The maximum absolute atomic E-state index is 13.2. The van der Waals surface area contributed by atoms with E-state index < -0.39 is 10.0 Å². The van der Waals surface area contributed by atoms with Crippen LogP contribution in [-0.2, 0) is 27.7 Å². The summed E-state index contributed by atoms with van der Waals surface area (Å²) in [4.78, 5) is 16.1. The van der Waals surface area contributed by atoms with Gasteiger partial charge in [0.15, 0.2) is 6.04 Å². The maximum Gasteiger partial charge on any atom is 0.285 e. The Balaban J connectivity index is 1.51. The van der Waals surface area contributed by atoms with Crippen molar-refractivity contribution in [2.24, 2.45) is 0 Å². The first kappa shape index (κ1) is 21.0. The third-order valence-electron chi connectivity index (χ3n) is 6.30. The van der Waals surface area contributed by atoms with E-state index in [1.165, 1.54) is 11.1 Å². The number of amides is 1. The van der Waals surface area contributed by atoms with Gasteiger partial charge in [-0.1, -0.05) is 36.4 Å². The van der Waals surface area contributed by atoms with Crippen LogP contribution in [0.15, 0.2) is 53.4 Å². The molecule has 2 aromatic carbocycles. The molecule has 7 heteroatoms. The number of aryl methyl sites for hydroxylation is 2. The van der Waals surface area contributed by atoms with Gasteiger partial charge >= 0.3 is 0 Å². The fraction of sp³-hybridized carbons (Fsp3) is 0.435. The van der Waals surface area contributed by atoms with E-state index in [2.05, 4.69) is 0 Å². The Morgan fingerprint density at radius 1 is 1.00 bits per heavy atom. The van der Waals surface area contributed by atoms with E-state index in [1.807, 2.05) is 42.5 Å². The molecule has 0 spiro atoms. The van der Waals surface area contributed by atoms with E-state index >= 15 is 0 Å². The number of piperazine rings is 1. The predicted octanol–water partition coefficient (Wildman–Crippen LogP) is 0.894. The van der Waals surface area contributed by atoms with E-state index in [-0.39, 0.29) is 11.9 Å². The number of quaternary nitrogens is 1. The lowest BCUT2D eigenvalue weighted by Crippen LogP contribution is -3.16. The predicted molar refractivity (Wildman–Crippen MR) is 116 cm³/mol. The molecule has 1 aliphatic heterocycles. The number of nitrogens with zero attached hydrogens (tertiary/aromatic N) is 2. The van der Waals surface area contributed by atoms with E-state index in [4.69, 9.17) is 0 Å².